The van der Waals surface area contributed by atoms with Crippen molar-refractivity contribution in [2.45, 2.75) is 32.5 Å². The Morgan fingerprint density at radius 3 is 2.44 bits per heavy atom. The lowest BCUT2D eigenvalue weighted by atomic mass is 10.1. The van der Waals surface area contributed by atoms with Gasteiger partial charge in [0.25, 0.3) is 11.8 Å². The molecule has 0 aliphatic carbocycles. The van der Waals surface area contributed by atoms with Gasteiger partial charge >= 0.3 is 6.09 Å². The molecule has 0 aromatic heterocycles. The quantitative estimate of drug-likeness (QED) is 0.796. The smallest absolute Gasteiger partial charge is 0.410 e. The molecular formula is C19H21N3O5. The highest BCUT2D eigenvalue weighted by atomic mass is 16.7. The molecule has 4 rings (SSSR count). The van der Waals surface area contributed by atoms with Gasteiger partial charge in [-0.3, -0.25) is 24.8 Å². The molecule has 1 fully saturated rings. The molecule has 1 N–H and O–H groups in total. The minimum atomic E-state index is -0.578. The monoisotopic (exact) mass is 371 g/mol. The van der Waals surface area contributed by atoms with Crippen LogP contribution in [0.15, 0.2) is 35.5 Å². The SMILES string of the molecule is CC(C)(C)OC(=O)N1CC2=C(CN3C(=O)c4ccccc4C3=O)NOC2C1. The maximum atomic E-state index is 12.5. The van der Waals surface area contributed by atoms with E-state index < -0.39 is 11.7 Å². The van der Waals surface area contributed by atoms with E-state index in [1.54, 1.807) is 29.2 Å². The van der Waals surface area contributed by atoms with Crippen molar-refractivity contribution in [1.82, 2.24) is 15.3 Å². The van der Waals surface area contributed by atoms with Crippen LogP contribution in [0.3, 0.4) is 0 Å². The molecule has 0 spiro atoms. The Balaban J connectivity index is 1.50. The van der Waals surface area contributed by atoms with Crippen LogP contribution in [0.4, 0.5) is 4.79 Å². The maximum Gasteiger partial charge on any atom is 0.410 e. The Bertz CT molecular complexity index is 835. The van der Waals surface area contributed by atoms with Crippen molar-refractivity contribution in [2.75, 3.05) is 19.6 Å². The van der Waals surface area contributed by atoms with Gasteiger partial charge in [0.15, 0.2) is 0 Å². The number of ether oxygens (including phenoxy) is 1. The molecule has 1 saturated heterocycles. The Hall–Kier alpha value is -2.87. The van der Waals surface area contributed by atoms with Crippen LogP contribution in [0.2, 0.25) is 0 Å². The van der Waals surface area contributed by atoms with Gasteiger partial charge in [0.1, 0.15) is 11.7 Å². The van der Waals surface area contributed by atoms with Gasteiger partial charge in [-0.05, 0) is 32.9 Å². The Labute approximate surface area is 156 Å². The molecule has 1 atom stereocenters. The number of nitrogens with one attached hydrogen (secondary N) is 1. The number of benzene rings is 1. The van der Waals surface area contributed by atoms with Crippen LogP contribution in [-0.4, -0.2) is 59.0 Å². The summed E-state index contributed by atoms with van der Waals surface area (Å²) in [5.74, 6) is -0.646. The number of rotatable bonds is 2. The van der Waals surface area contributed by atoms with Crippen molar-refractivity contribution < 1.29 is 24.0 Å². The van der Waals surface area contributed by atoms with E-state index in [0.717, 1.165) is 5.57 Å². The third kappa shape index (κ3) is 3.06. The van der Waals surface area contributed by atoms with E-state index in [9.17, 15) is 14.4 Å². The number of hydroxylamine groups is 1. The molecule has 3 aliphatic rings. The van der Waals surface area contributed by atoms with Crippen molar-refractivity contribution in [3.8, 4) is 0 Å². The van der Waals surface area contributed by atoms with Crippen molar-refractivity contribution in [1.29, 1.82) is 0 Å². The van der Waals surface area contributed by atoms with Gasteiger partial charge in [0, 0.05) is 12.1 Å². The first-order valence-electron chi connectivity index (χ1n) is 8.81. The first-order chi connectivity index (χ1) is 12.7. The fourth-order valence-corrected chi connectivity index (χ4v) is 3.43. The van der Waals surface area contributed by atoms with Crippen LogP contribution in [-0.2, 0) is 9.57 Å². The molecule has 1 aromatic rings. The van der Waals surface area contributed by atoms with Gasteiger partial charge < -0.3 is 9.64 Å². The Kier molecular flexibility index (Phi) is 3.96. The fraction of sp³-hybridized carbons (Fsp3) is 0.421. The summed E-state index contributed by atoms with van der Waals surface area (Å²) >= 11 is 0. The number of hydrogen-bond donors (Lipinski definition) is 1. The number of nitrogens with zero attached hydrogens (tertiary/aromatic N) is 2. The minimum Gasteiger partial charge on any atom is -0.444 e. The number of fused-ring (bicyclic) bond motifs is 2. The number of imide groups is 1. The van der Waals surface area contributed by atoms with Crippen LogP contribution in [0.1, 0.15) is 41.5 Å². The largest absolute Gasteiger partial charge is 0.444 e. The zero-order chi connectivity index (χ0) is 19.3. The van der Waals surface area contributed by atoms with E-state index in [0.29, 0.717) is 29.9 Å². The van der Waals surface area contributed by atoms with Crippen molar-refractivity contribution in [2.24, 2.45) is 0 Å². The average molecular weight is 371 g/mol. The second kappa shape index (κ2) is 6.09. The molecule has 0 radical (unpaired) electrons. The van der Waals surface area contributed by atoms with Gasteiger partial charge in [0.05, 0.1) is 29.9 Å². The van der Waals surface area contributed by atoms with E-state index in [1.165, 1.54) is 4.90 Å². The summed E-state index contributed by atoms with van der Waals surface area (Å²) < 4.78 is 5.40. The highest BCUT2D eigenvalue weighted by Gasteiger charge is 2.42. The van der Waals surface area contributed by atoms with Crippen LogP contribution >= 0.6 is 0 Å². The molecule has 0 saturated carbocycles. The normalized spacial score (nSPS) is 21.5. The fourth-order valence-electron chi connectivity index (χ4n) is 3.43. The lowest BCUT2D eigenvalue weighted by Crippen LogP contribution is -2.37. The minimum absolute atomic E-state index is 0.0837. The van der Waals surface area contributed by atoms with E-state index in [2.05, 4.69) is 5.48 Å². The summed E-state index contributed by atoms with van der Waals surface area (Å²) in [7, 11) is 0. The van der Waals surface area contributed by atoms with Crippen LogP contribution in [0, 0.1) is 0 Å². The molecule has 8 heteroatoms. The van der Waals surface area contributed by atoms with Gasteiger partial charge in [-0.15, -0.1) is 0 Å². The molecule has 0 bridgehead atoms. The third-order valence-corrected chi connectivity index (χ3v) is 4.69. The first-order valence-corrected chi connectivity index (χ1v) is 8.81. The number of carbonyl (C=O) groups is 3. The standard InChI is InChI=1S/C19H21N3O5/c1-19(2,3)26-18(25)21-8-13-14(20-27-15(13)10-21)9-22-16(23)11-6-4-5-7-12(11)17(22)24/h4-7,15,20H,8-10H2,1-3H3. The number of amides is 3. The van der Waals surface area contributed by atoms with Gasteiger partial charge in [-0.2, -0.15) is 0 Å². The van der Waals surface area contributed by atoms with E-state index in [1.807, 2.05) is 20.8 Å². The van der Waals surface area contributed by atoms with Crippen LogP contribution < -0.4 is 5.48 Å². The van der Waals surface area contributed by atoms with Gasteiger partial charge in [-0.1, -0.05) is 12.1 Å². The van der Waals surface area contributed by atoms with Gasteiger partial charge in [0.2, 0.25) is 0 Å². The number of hydrogen-bond acceptors (Lipinski definition) is 6. The first kappa shape index (κ1) is 17.5. The van der Waals surface area contributed by atoms with E-state index in [4.69, 9.17) is 9.57 Å². The predicted octanol–water partition coefficient (Wildman–Crippen LogP) is 1.69. The summed E-state index contributed by atoms with van der Waals surface area (Å²) in [5, 5.41) is 0. The van der Waals surface area contributed by atoms with Gasteiger partial charge in [-0.25, -0.2) is 4.79 Å². The average Bonchev–Trinajstić information content (AvgIpc) is 3.24. The molecule has 1 aromatic carbocycles. The van der Waals surface area contributed by atoms with Crippen molar-refractivity contribution in [3.05, 3.63) is 46.7 Å². The predicted molar refractivity (Wildman–Crippen MR) is 94.7 cm³/mol. The molecular weight excluding hydrogens is 350 g/mol. The number of likely N-dealkylation sites (tertiary alicyclic amines) is 1. The summed E-state index contributed by atoms with van der Waals surface area (Å²) in [5.41, 5.74) is 4.55. The molecule has 1 unspecified atom stereocenters. The lowest BCUT2D eigenvalue weighted by molar-refractivity contribution is 0.0103. The third-order valence-electron chi connectivity index (χ3n) is 4.69. The summed E-state index contributed by atoms with van der Waals surface area (Å²) in [6.07, 6.45) is -0.712. The molecule has 3 aliphatic heterocycles. The second-order valence-electron chi connectivity index (χ2n) is 7.82. The molecule has 3 heterocycles. The van der Waals surface area contributed by atoms with Crippen LogP contribution in [0.5, 0.6) is 0 Å². The van der Waals surface area contributed by atoms with Crippen LogP contribution in [0.25, 0.3) is 0 Å². The molecule has 8 nitrogen and oxygen atoms in total. The summed E-state index contributed by atoms with van der Waals surface area (Å²) in [6, 6.07) is 6.76. The topological polar surface area (TPSA) is 88.2 Å². The lowest BCUT2D eigenvalue weighted by Gasteiger charge is -2.24. The molecule has 3 amide bonds. The Morgan fingerprint density at radius 2 is 1.85 bits per heavy atom. The maximum absolute atomic E-state index is 12.5. The van der Waals surface area contributed by atoms with Crippen molar-refractivity contribution in [3.63, 3.8) is 0 Å². The summed E-state index contributed by atoms with van der Waals surface area (Å²) in [6.45, 7) is 6.22. The number of carbonyl (C=O) groups excluding carboxylic acids is 3. The zero-order valence-electron chi connectivity index (χ0n) is 15.4. The second-order valence-corrected chi connectivity index (χ2v) is 7.82. The van der Waals surface area contributed by atoms with Crippen molar-refractivity contribution >= 4 is 17.9 Å². The molecule has 27 heavy (non-hydrogen) atoms. The van der Waals surface area contributed by atoms with E-state index >= 15 is 0 Å². The van der Waals surface area contributed by atoms with E-state index in [-0.39, 0.29) is 24.5 Å². The molecule has 142 valence electrons. The summed E-state index contributed by atoms with van der Waals surface area (Å²) in [4.78, 5) is 45.7. The highest BCUT2D eigenvalue weighted by molar-refractivity contribution is 6.21. The zero-order valence-corrected chi connectivity index (χ0v) is 15.4. The Morgan fingerprint density at radius 1 is 1.22 bits per heavy atom. The highest BCUT2D eigenvalue weighted by Crippen LogP contribution is 2.30.